The number of nitrogens with one attached hydrogen (secondary N) is 1. The Bertz CT molecular complexity index is 1140. The van der Waals surface area contributed by atoms with Crippen LogP contribution in [0.2, 0.25) is 5.02 Å². The van der Waals surface area contributed by atoms with E-state index in [0.717, 1.165) is 18.7 Å². The first-order valence-electron chi connectivity index (χ1n) is 10.3. The van der Waals surface area contributed by atoms with E-state index in [1.54, 1.807) is 29.0 Å². The number of rotatable bonds is 6. The molecular weight excluding hydrogens is 418 g/mol. The monoisotopic (exact) mass is 441 g/mol. The molecule has 31 heavy (non-hydrogen) atoms. The molecule has 1 aromatic carbocycles. The zero-order chi connectivity index (χ0) is 21.8. The van der Waals surface area contributed by atoms with Crippen molar-refractivity contribution in [3.8, 4) is 0 Å². The molecule has 1 amide bonds. The van der Waals surface area contributed by atoms with Crippen molar-refractivity contribution in [3.05, 3.63) is 68.6 Å². The van der Waals surface area contributed by atoms with Crippen LogP contribution in [0.15, 0.2) is 41.3 Å². The maximum absolute atomic E-state index is 13.1. The molecule has 1 saturated heterocycles. The summed E-state index contributed by atoms with van der Waals surface area (Å²) in [6, 6.07) is 8.94. The number of amides is 1. The van der Waals surface area contributed by atoms with Gasteiger partial charge in [0.2, 0.25) is 5.43 Å². The van der Waals surface area contributed by atoms with Gasteiger partial charge in [-0.3, -0.25) is 14.5 Å². The minimum Gasteiger partial charge on any atom is -0.379 e. The molecule has 162 valence electrons. The third-order valence-electron chi connectivity index (χ3n) is 5.31. The van der Waals surface area contributed by atoms with Gasteiger partial charge in [0, 0.05) is 43.9 Å². The fourth-order valence-electron chi connectivity index (χ4n) is 3.57. The number of ether oxygens (including phenoxy) is 1. The molecule has 0 aliphatic carbocycles. The van der Waals surface area contributed by atoms with Crippen LogP contribution in [0, 0.1) is 0 Å². The van der Waals surface area contributed by atoms with Crippen molar-refractivity contribution in [2.45, 2.75) is 26.6 Å². The second-order valence-corrected chi connectivity index (χ2v) is 7.86. The number of halogens is 1. The normalized spacial score (nSPS) is 14.6. The zero-order valence-corrected chi connectivity index (χ0v) is 18.1. The van der Waals surface area contributed by atoms with E-state index in [4.69, 9.17) is 16.3 Å². The highest BCUT2D eigenvalue weighted by molar-refractivity contribution is 6.30. The summed E-state index contributed by atoms with van der Waals surface area (Å²) in [5.41, 5.74) is 1.83. The van der Waals surface area contributed by atoms with Crippen LogP contribution in [0.5, 0.6) is 0 Å². The van der Waals surface area contributed by atoms with E-state index in [0.29, 0.717) is 54.6 Å². The molecule has 0 unspecified atom stereocenters. The number of morpholine rings is 1. The predicted octanol–water partition coefficient (Wildman–Crippen LogP) is 2.23. The van der Waals surface area contributed by atoms with Crippen molar-refractivity contribution < 1.29 is 9.53 Å². The summed E-state index contributed by atoms with van der Waals surface area (Å²) in [5, 5.41) is 12.4. The van der Waals surface area contributed by atoms with Crippen LogP contribution in [-0.4, -0.2) is 51.9 Å². The highest BCUT2D eigenvalue weighted by Crippen LogP contribution is 2.13. The molecular formula is C22H24ClN5O3. The second-order valence-electron chi connectivity index (χ2n) is 7.43. The Hall–Kier alpha value is -2.81. The standard InChI is InChI=1S/C22H24ClN5O3/c1-2-28-14-19(22(30)24-12-15-3-5-16(23)6-4-15)20(29)18-11-17(25-26-21(18)28)13-27-7-9-31-10-8-27/h3-6,11,14H,2,7-10,12-13H2,1H3,(H,24,30). The molecule has 0 radical (unpaired) electrons. The number of aryl methyl sites for hydroxylation is 1. The van der Waals surface area contributed by atoms with E-state index in [-0.39, 0.29) is 11.0 Å². The summed E-state index contributed by atoms with van der Waals surface area (Å²) in [5.74, 6) is -0.421. The lowest BCUT2D eigenvalue weighted by atomic mass is 10.1. The average Bonchev–Trinajstić information content (AvgIpc) is 2.80. The third-order valence-corrected chi connectivity index (χ3v) is 5.56. The van der Waals surface area contributed by atoms with Crippen molar-refractivity contribution in [3.63, 3.8) is 0 Å². The number of hydrogen-bond donors (Lipinski definition) is 1. The topological polar surface area (TPSA) is 89.4 Å². The molecule has 0 spiro atoms. The van der Waals surface area contributed by atoms with Gasteiger partial charge in [-0.1, -0.05) is 23.7 Å². The summed E-state index contributed by atoms with van der Waals surface area (Å²) in [6.07, 6.45) is 1.55. The van der Waals surface area contributed by atoms with Crippen molar-refractivity contribution >= 4 is 28.5 Å². The minimum atomic E-state index is -0.421. The quantitative estimate of drug-likeness (QED) is 0.631. The summed E-state index contributed by atoms with van der Waals surface area (Å²) >= 11 is 5.90. The maximum atomic E-state index is 13.1. The van der Waals surface area contributed by atoms with Crippen LogP contribution >= 0.6 is 11.6 Å². The lowest BCUT2D eigenvalue weighted by Crippen LogP contribution is -2.36. The first-order chi connectivity index (χ1) is 15.0. The number of carbonyl (C=O) groups is 1. The van der Waals surface area contributed by atoms with Crippen molar-refractivity contribution in [2.75, 3.05) is 26.3 Å². The zero-order valence-electron chi connectivity index (χ0n) is 17.3. The molecule has 8 nitrogen and oxygen atoms in total. The fraction of sp³-hybridized carbons (Fsp3) is 0.364. The number of carbonyl (C=O) groups excluding carboxylic acids is 1. The lowest BCUT2D eigenvalue weighted by molar-refractivity contribution is 0.0335. The number of hydrogen-bond acceptors (Lipinski definition) is 6. The van der Waals surface area contributed by atoms with E-state index in [1.165, 1.54) is 0 Å². The SMILES string of the molecule is CCn1cc(C(=O)NCc2ccc(Cl)cc2)c(=O)c2cc(CN3CCOCC3)nnc21. The molecule has 1 fully saturated rings. The van der Waals surface area contributed by atoms with Gasteiger partial charge in [0.1, 0.15) is 5.56 Å². The molecule has 1 aliphatic rings. The molecule has 0 atom stereocenters. The van der Waals surface area contributed by atoms with Gasteiger partial charge < -0.3 is 14.6 Å². The van der Waals surface area contributed by atoms with Gasteiger partial charge in [-0.05, 0) is 30.7 Å². The number of nitrogens with zero attached hydrogens (tertiary/aromatic N) is 4. The van der Waals surface area contributed by atoms with Crippen LogP contribution in [0.1, 0.15) is 28.5 Å². The van der Waals surface area contributed by atoms with Crippen LogP contribution in [0.4, 0.5) is 0 Å². The van der Waals surface area contributed by atoms with Gasteiger partial charge in [0.25, 0.3) is 5.91 Å². The van der Waals surface area contributed by atoms with Gasteiger partial charge in [-0.15, -0.1) is 5.10 Å². The molecule has 3 aromatic rings. The summed E-state index contributed by atoms with van der Waals surface area (Å²) in [4.78, 5) is 28.2. The molecule has 4 rings (SSSR count). The molecule has 2 aromatic heterocycles. The van der Waals surface area contributed by atoms with Gasteiger partial charge >= 0.3 is 0 Å². The highest BCUT2D eigenvalue weighted by Gasteiger charge is 2.18. The van der Waals surface area contributed by atoms with E-state index in [1.807, 2.05) is 19.1 Å². The van der Waals surface area contributed by atoms with E-state index >= 15 is 0 Å². The van der Waals surface area contributed by atoms with Gasteiger partial charge in [0.15, 0.2) is 5.65 Å². The van der Waals surface area contributed by atoms with E-state index in [9.17, 15) is 9.59 Å². The predicted molar refractivity (Wildman–Crippen MR) is 118 cm³/mol. The van der Waals surface area contributed by atoms with Crippen molar-refractivity contribution in [1.29, 1.82) is 0 Å². The van der Waals surface area contributed by atoms with Crippen molar-refractivity contribution in [2.24, 2.45) is 0 Å². The number of fused-ring (bicyclic) bond motifs is 1. The molecule has 9 heteroatoms. The fourth-order valence-corrected chi connectivity index (χ4v) is 3.70. The first-order valence-corrected chi connectivity index (χ1v) is 10.7. The summed E-state index contributed by atoms with van der Waals surface area (Å²) in [6.45, 7) is 6.37. The Morgan fingerprint density at radius 2 is 1.94 bits per heavy atom. The highest BCUT2D eigenvalue weighted by atomic mass is 35.5. The van der Waals surface area contributed by atoms with E-state index < -0.39 is 5.91 Å². The van der Waals surface area contributed by atoms with Gasteiger partial charge in [-0.25, -0.2) is 0 Å². The molecule has 0 bridgehead atoms. The van der Waals surface area contributed by atoms with Crippen LogP contribution < -0.4 is 10.7 Å². The molecule has 1 aliphatic heterocycles. The summed E-state index contributed by atoms with van der Waals surface area (Å²) < 4.78 is 7.16. The number of benzene rings is 1. The van der Waals surface area contributed by atoms with Crippen LogP contribution in [-0.2, 0) is 24.4 Å². The maximum Gasteiger partial charge on any atom is 0.257 e. The second kappa shape index (κ2) is 9.55. The van der Waals surface area contributed by atoms with Crippen LogP contribution in [0.3, 0.4) is 0 Å². The molecule has 1 N–H and O–H groups in total. The third kappa shape index (κ3) is 4.92. The number of aromatic nitrogens is 3. The Kier molecular flexibility index (Phi) is 6.60. The lowest BCUT2D eigenvalue weighted by Gasteiger charge is -2.26. The number of pyridine rings is 1. The Labute approximate surface area is 184 Å². The first kappa shape index (κ1) is 21.4. The van der Waals surface area contributed by atoms with Crippen molar-refractivity contribution in [1.82, 2.24) is 25.0 Å². The Morgan fingerprint density at radius 3 is 2.65 bits per heavy atom. The Morgan fingerprint density at radius 1 is 1.19 bits per heavy atom. The van der Waals surface area contributed by atoms with Crippen LogP contribution in [0.25, 0.3) is 11.0 Å². The Balaban J connectivity index is 1.61. The average molecular weight is 442 g/mol. The van der Waals surface area contributed by atoms with Gasteiger partial charge in [-0.2, -0.15) is 5.10 Å². The van der Waals surface area contributed by atoms with E-state index in [2.05, 4.69) is 20.4 Å². The van der Waals surface area contributed by atoms with Gasteiger partial charge in [0.05, 0.1) is 24.3 Å². The molecule has 3 heterocycles. The molecule has 0 saturated carbocycles. The minimum absolute atomic E-state index is 0.0913. The smallest absolute Gasteiger partial charge is 0.257 e. The summed E-state index contributed by atoms with van der Waals surface area (Å²) in [7, 11) is 0. The largest absolute Gasteiger partial charge is 0.379 e.